The van der Waals surface area contributed by atoms with Crippen LogP contribution in [0.5, 0.6) is 11.5 Å². The number of nitrogens with zero attached hydrogens (tertiary/aromatic N) is 4. The zero-order chi connectivity index (χ0) is 25.9. The maximum Gasteiger partial charge on any atom is 0.232 e. The third-order valence-electron chi connectivity index (χ3n) is 7.83. The zero-order valence-electron chi connectivity index (χ0n) is 21.8. The summed E-state index contributed by atoms with van der Waals surface area (Å²) in [6.07, 6.45) is 7.17. The molecule has 1 aliphatic rings. The van der Waals surface area contributed by atoms with Crippen molar-refractivity contribution in [3.05, 3.63) is 77.4 Å². The van der Waals surface area contributed by atoms with Crippen molar-refractivity contribution >= 4 is 5.91 Å². The SMILES string of the molecule is CC[C@@]1(c2cccc(Oc3cc([C@@](C)(NC)c4cncn4C)ccc3C#N)c2)CCCCN(C)C1=O. The van der Waals surface area contributed by atoms with Crippen LogP contribution in [0.2, 0.25) is 0 Å². The Kier molecular flexibility index (Phi) is 7.18. The number of likely N-dealkylation sites (tertiary alicyclic amines) is 1. The van der Waals surface area contributed by atoms with Gasteiger partial charge in [-0.3, -0.25) is 4.79 Å². The van der Waals surface area contributed by atoms with E-state index >= 15 is 0 Å². The first-order valence-electron chi connectivity index (χ1n) is 12.5. The molecule has 1 aromatic heterocycles. The first-order valence-corrected chi connectivity index (χ1v) is 12.5. The van der Waals surface area contributed by atoms with Gasteiger partial charge in [-0.2, -0.15) is 5.26 Å². The number of carbonyl (C=O) groups excluding carboxylic acids is 1. The average Bonchev–Trinajstić information content (AvgIpc) is 3.28. The van der Waals surface area contributed by atoms with Crippen molar-refractivity contribution in [1.29, 1.82) is 5.26 Å². The molecule has 7 heteroatoms. The fourth-order valence-corrected chi connectivity index (χ4v) is 5.40. The minimum atomic E-state index is -0.561. The number of carbonyl (C=O) groups is 1. The van der Waals surface area contributed by atoms with Crippen LogP contribution >= 0.6 is 0 Å². The summed E-state index contributed by atoms with van der Waals surface area (Å²) in [5, 5.41) is 13.2. The quantitative estimate of drug-likeness (QED) is 0.517. The van der Waals surface area contributed by atoms with Crippen molar-refractivity contribution in [2.45, 2.75) is 50.5 Å². The Morgan fingerprint density at radius 2 is 2.03 bits per heavy atom. The Bertz CT molecular complexity index is 1290. The van der Waals surface area contributed by atoms with E-state index in [-0.39, 0.29) is 5.91 Å². The Morgan fingerprint density at radius 3 is 2.69 bits per heavy atom. The highest BCUT2D eigenvalue weighted by Crippen LogP contribution is 2.40. The number of hydrogen-bond acceptors (Lipinski definition) is 5. The smallest absolute Gasteiger partial charge is 0.232 e. The molecule has 0 saturated carbocycles. The lowest BCUT2D eigenvalue weighted by Gasteiger charge is -2.33. The molecular formula is C29H35N5O2. The van der Waals surface area contributed by atoms with Crippen molar-refractivity contribution in [2.75, 3.05) is 20.6 Å². The van der Waals surface area contributed by atoms with Gasteiger partial charge >= 0.3 is 0 Å². The Hall–Kier alpha value is -3.63. The first kappa shape index (κ1) is 25.5. The number of aromatic nitrogens is 2. The number of aryl methyl sites for hydroxylation is 1. The minimum absolute atomic E-state index is 0.167. The molecule has 2 atom stereocenters. The fraction of sp³-hybridized carbons (Fsp3) is 0.414. The van der Waals surface area contributed by atoms with E-state index in [4.69, 9.17) is 4.74 Å². The van der Waals surface area contributed by atoms with Gasteiger partial charge in [-0.15, -0.1) is 0 Å². The molecule has 1 fully saturated rings. The summed E-state index contributed by atoms with van der Waals surface area (Å²) in [5.41, 5.74) is 2.25. The van der Waals surface area contributed by atoms with Crippen LogP contribution in [0.1, 0.15) is 61.9 Å². The summed E-state index contributed by atoms with van der Waals surface area (Å²) in [4.78, 5) is 19.6. The number of rotatable bonds is 7. The monoisotopic (exact) mass is 485 g/mol. The standard InChI is InChI=1S/C29H35N5O2/c1-6-29(14-7-8-15-33(4)27(29)35)23-10-9-11-24(16-23)36-25-17-22(13-12-21(25)18-30)28(2,31-3)26-19-32-20-34(26)5/h9-13,16-17,19-20,31H,6-8,14-15H2,1-5H3/t28-,29+/m1/s1. The summed E-state index contributed by atoms with van der Waals surface area (Å²) in [6.45, 7) is 4.95. The largest absolute Gasteiger partial charge is 0.456 e. The normalized spacial score (nSPS) is 19.9. The van der Waals surface area contributed by atoms with Crippen molar-refractivity contribution < 1.29 is 9.53 Å². The van der Waals surface area contributed by atoms with Gasteiger partial charge < -0.3 is 19.5 Å². The van der Waals surface area contributed by atoms with E-state index in [1.807, 2.05) is 73.2 Å². The number of benzene rings is 2. The number of hydrogen-bond donors (Lipinski definition) is 1. The molecule has 0 aliphatic carbocycles. The highest BCUT2D eigenvalue weighted by Gasteiger charge is 2.41. The van der Waals surface area contributed by atoms with Crippen LogP contribution in [0.15, 0.2) is 55.0 Å². The zero-order valence-corrected chi connectivity index (χ0v) is 21.8. The number of likely N-dealkylation sites (N-methyl/N-ethyl adjacent to an activating group) is 1. The van der Waals surface area contributed by atoms with Gasteiger partial charge in [0.1, 0.15) is 17.6 Å². The van der Waals surface area contributed by atoms with Gasteiger partial charge in [0.05, 0.1) is 34.7 Å². The molecule has 0 unspecified atom stereocenters. The molecule has 1 saturated heterocycles. The predicted octanol–water partition coefficient (Wildman–Crippen LogP) is 4.86. The molecule has 2 heterocycles. The predicted molar refractivity (Wildman–Crippen MR) is 140 cm³/mol. The van der Waals surface area contributed by atoms with Crippen LogP contribution in [-0.2, 0) is 22.8 Å². The molecule has 2 aromatic carbocycles. The van der Waals surface area contributed by atoms with Gasteiger partial charge in [-0.05, 0) is 68.6 Å². The second-order valence-corrected chi connectivity index (χ2v) is 9.84. The molecule has 188 valence electrons. The van der Waals surface area contributed by atoms with Gasteiger partial charge in [0, 0.05) is 20.6 Å². The van der Waals surface area contributed by atoms with Crippen LogP contribution in [0.3, 0.4) is 0 Å². The first-order chi connectivity index (χ1) is 17.3. The van der Waals surface area contributed by atoms with Crippen LogP contribution in [0.4, 0.5) is 0 Å². The lowest BCUT2D eigenvalue weighted by Crippen LogP contribution is -2.43. The maximum absolute atomic E-state index is 13.4. The topological polar surface area (TPSA) is 83.2 Å². The van der Waals surface area contributed by atoms with Crippen LogP contribution < -0.4 is 10.1 Å². The minimum Gasteiger partial charge on any atom is -0.456 e. The lowest BCUT2D eigenvalue weighted by atomic mass is 9.73. The molecular weight excluding hydrogens is 450 g/mol. The summed E-state index contributed by atoms with van der Waals surface area (Å²) >= 11 is 0. The third-order valence-corrected chi connectivity index (χ3v) is 7.83. The highest BCUT2D eigenvalue weighted by molar-refractivity contribution is 5.88. The van der Waals surface area contributed by atoms with E-state index in [1.165, 1.54) is 0 Å². The molecule has 36 heavy (non-hydrogen) atoms. The van der Waals surface area contributed by atoms with Crippen molar-refractivity contribution in [1.82, 2.24) is 19.8 Å². The van der Waals surface area contributed by atoms with Crippen molar-refractivity contribution in [3.8, 4) is 17.6 Å². The van der Waals surface area contributed by atoms with Gasteiger partial charge in [0.25, 0.3) is 0 Å². The molecule has 1 amide bonds. The van der Waals surface area contributed by atoms with Crippen LogP contribution in [0.25, 0.3) is 0 Å². The second-order valence-electron chi connectivity index (χ2n) is 9.84. The number of nitrogens with one attached hydrogen (secondary N) is 1. The van der Waals surface area contributed by atoms with Gasteiger partial charge in [0.15, 0.2) is 0 Å². The van der Waals surface area contributed by atoms with E-state index in [2.05, 4.69) is 30.2 Å². The second kappa shape index (κ2) is 10.2. The van der Waals surface area contributed by atoms with Gasteiger partial charge in [-0.1, -0.05) is 31.5 Å². The van der Waals surface area contributed by atoms with Crippen molar-refractivity contribution in [2.24, 2.45) is 7.05 Å². The molecule has 0 bridgehead atoms. The summed E-state index contributed by atoms with van der Waals surface area (Å²) in [6, 6.07) is 15.7. The molecule has 0 spiro atoms. The Morgan fingerprint density at radius 1 is 1.22 bits per heavy atom. The van der Waals surface area contributed by atoms with E-state index in [0.717, 1.165) is 49.0 Å². The Balaban J connectivity index is 1.73. The van der Waals surface area contributed by atoms with E-state index < -0.39 is 11.0 Å². The van der Waals surface area contributed by atoms with E-state index in [1.54, 1.807) is 12.4 Å². The Labute approximate surface area is 213 Å². The average molecular weight is 486 g/mol. The maximum atomic E-state index is 13.4. The summed E-state index contributed by atoms with van der Waals surface area (Å²) in [7, 11) is 5.75. The number of amides is 1. The van der Waals surface area contributed by atoms with Gasteiger partial charge in [-0.25, -0.2) is 4.98 Å². The molecule has 4 rings (SSSR count). The molecule has 7 nitrogen and oxygen atoms in total. The molecule has 3 aromatic rings. The van der Waals surface area contributed by atoms with Crippen molar-refractivity contribution in [3.63, 3.8) is 0 Å². The third kappa shape index (κ3) is 4.38. The van der Waals surface area contributed by atoms with Crippen LogP contribution in [-0.4, -0.2) is 41.0 Å². The van der Waals surface area contributed by atoms with Gasteiger partial charge in [0.2, 0.25) is 5.91 Å². The molecule has 1 N–H and O–H groups in total. The van der Waals surface area contributed by atoms with Crippen LogP contribution in [0, 0.1) is 11.3 Å². The summed E-state index contributed by atoms with van der Waals surface area (Å²) in [5.74, 6) is 1.26. The number of imidazole rings is 1. The molecule has 0 radical (unpaired) electrons. The summed E-state index contributed by atoms with van der Waals surface area (Å²) < 4.78 is 8.32. The highest BCUT2D eigenvalue weighted by atomic mass is 16.5. The number of ether oxygens (including phenoxy) is 1. The number of nitriles is 1. The van der Waals surface area contributed by atoms with E-state index in [9.17, 15) is 10.1 Å². The molecule has 1 aliphatic heterocycles. The van der Waals surface area contributed by atoms with E-state index in [0.29, 0.717) is 17.1 Å². The lowest BCUT2D eigenvalue weighted by molar-refractivity contribution is -0.135. The fourth-order valence-electron chi connectivity index (χ4n) is 5.40.